The normalized spacial score (nSPS) is 20.0. The van der Waals surface area contributed by atoms with Crippen LogP contribution in [0.4, 0.5) is 0 Å². The number of rotatable bonds is 7. The second-order valence-electron chi connectivity index (χ2n) is 6.63. The Labute approximate surface area is 138 Å². The zero-order valence-electron chi connectivity index (χ0n) is 13.9. The van der Waals surface area contributed by atoms with Crippen LogP contribution in [-0.2, 0) is 16.1 Å². The molecule has 0 bridgehead atoms. The number of carbonyl (C=O) groups excluding carboxylic acids is 1. The summed E-state index contributed by atoms with van der Waals surface area (Å²) in [7, 11) is 0. The third kappa shape index (κ3) is 4.82. The highest BCUT2D eigenvalue weighted by molar-refractivity contribution is 5.79. The number of hydrogen-bond donors (Lipinski definition) is 0. The van der Waals surface area contributed by atoms with Crippen molar-refractivity contribution in [1.29, 1.82) is 0 Å². The number of furan rings is 1. The summed E-state index contributed by atoms with van der Waals surface area (Å²) in [5, 5.41) is 0. The Morgan fingerprint density at radius 3 is 2.74 bits per heavy atom. The largest absolute Gasteiger partial charge is 0.467 e. The minimum absolute atomic E-state index is 0.230. The molecule has 128 valence electrons. The molecule has 0 radical (unpaired) electrons. The Kier molecular flexibility index (Phi) is 6.11. The van der Waals surface area contributed by atoms with Gasteiger partial charge in [0.2, 0.25) is 5.91 Å². The molecule has 1 aromatic rings. The van der Waals surface area contributed by atoms with Crippen molar-refractivity contribution in [2.45, 2.75) is 38.6 Å². The van der Waals surface area contributed by atoms with E-state index in [4.69, 9.17) is 9.15 Å². The molecule has 2 aliphatic rings. The summed E-state index contributed by atoms with van der Waals surface area (Å²) in [5.74, 6) is 1.43. The molecule has 1 saturated carbocycles. The lowest BCUT2D eigenvalue weighted by atomic mass is 10.1. The third-order valence-electron chi connectivity index (χ3n) is 4.95. The van der Waals surface area contributed by atoms with Crippen LogP contribution in [0.15, 0.2) is 22.8 Å². The van der Waals surface area contributed by atoms with Crippen molar-refractivity contribution in [3.63, 3.8) is 0 Å². The maximum Gasteiger partial charge on any atom is 0.226 e. The van der Waals surface area contributed by atoms with Crippen molar-refractivity contribution >= 4 is 5.91 Å². The maximum atomic E-state index is 12.8. The van der Waals surface area contributed by atoms with E-state index in [1.807, 2.05) is 17.0 Å². The van der Waals surface area contributed by atoms with Gasteiger partial charge < -0.3 is 14.1 Å². The lowest BCUT2D eigenvalue weighted by Gasteiger charge is -2.29. The van der Waals surface area contributed by atoms with Crippen LogP contribution in [-0.4, -0.2) is 55.1 Å². The first-order chi connectivity index (χ1) is 11.3. The number of ether oxygens (including phenoxy) is 1. The Morgan fingerprint density at radius 2 is 2.04 bits per heavy atom. The second-order valence-corrected chi connectivity index (χ2v) is 6.63. The molecule has 5 nitrogen and oxygen atoms in total. The van der Waals surface area contributed by atoms with Crippen LogP contribution in [0.1, 0.15) is 37.9 Å². The molecule has 0 spiro atoms. The minimum Gasteiger partial charge on any atom is -0.467 e. The minimum atomic E-state index is 0.230. The lowest BCUT2D eigenvalue weighted by molar-refractivity contribution is -0.136. The van der Waals surface area contributed by atoms with Gasteiger partial charge in [-0.3, -0.25) is 9.69 Å². The highest BCUT2D eigenvalue weighted by Gasteiger charge is 2.27. The number of nitrogens with zero attached hydrogens (tertiary/aromatic N) is 2. The quantitative estimate of drug-likeness (QED) is 0.774. The molecule has 0 unspecified atom stereocenters. The summed E-state index contributed by atoms with van der Waals surface area (Å²) in [6.07, 6.45) is 7.19. The number of morpholine rings is 1. The van der Waals surface area contributed by atoms with E-state index in [2.05, 4.69) is 4.90 Å². The van der Waals surface area contributed by atoms with Crippen LogP contribution in [0, 0.1) is 5.92 Å². The van der Waals surface area contributed by atoms with Gasteiger partial charge in [0, 0.05) is 32.1 Å². The van der Waals surface area contributed by atoms with Gasteiger partial charge in [0.15, 0.2) is 0 Å². The molecular formula is C18H28N2O3. The van der Waals surface area contributed by atoms with E-state index in [1.165, 1.54) is 12.8 Å². The van der Waals surface area contributed by atoms with Gasteiger partial charge in [0.05, 0.1) is 26.0 Å². The van der Waals surface area contributed by atoms with Gasteiger partial charge in [-0.2, -0.15) is 0 Å². The molecule has 0 atom stereocenters. The third-order valence-corrected chi connectivity index (χ3v) is 4.95. The van der Waals surface area contributed by atoms with Crippen molar-refractivity contribution in [1.82, 2.24) is 9.80 Å². The van der Waals surface area contributed by atoms with Crippen LogP contribution >= 0.6 is 0 Å². The molecule has 1 aromatic heterocycles. The molecule has 0 aromatic carbocycles. The summed E-state index contributed by atoms with van der Waals surface area (Å²) < 4.78 is 10.8. The Bertz CT molecular complexity index is 463. The number of hydrogen-bond acceptors (Lipinski definition) is 4. The Morgan fingerprint density at radius 1 is 1.26 bits per heavy atom. The van der Waals surface area contributed by atoms with E-state index in [1.54, 1.807) is 6.26 Å². The first kappa shape index (κ1) is 16.5. The molecule has 1 aliphatic heterocycles. The standard InChI is InChI=1S/C18H28N2O3/c21-18(16-5-1-2-6-16)20(15-17-7-3-12-23-17)9-4-8-19-10-13-22-14-11-19/h3,7,12,16H,1-2,4-6,8-11,13-15H2. The van der Waals surface area contributed by atoms with Crippen LogP contribution in [0.25, 0.3) is 0 Å². The summed E-state index contributed by atoms with van der Waals surface area (Å²) in [6, 6.07) is 3.85. The van der Waals surface area contributed by atoms with Crippen LogP contribution in [0.5, 0.6) is 0 Å². The van der Waals surface area contributed by atoms with E-state index in [0.717, 1.165) is 64.4 Å². The van der Waals surface area contributed by atoms with E-state index in [9.17, 15) is 4.79 Å². The molecule has 0 N–H and O–H groups in total. The molecule has 1 saturated heterocycles. The van der Waals surface area contributed by atoms with Gasteiger partial charge in [0.25, 0.3) is 0 Å². The van der Waals surface area contributed by atoms with E-state index in [0.29, 0.717) is 12.5 Å². The van der Waals surface area contributed by atoms with Gasteiger partial charge >= 0.3 is 0 Å². The molecule has 1 amide bonds. The molecule has 2 heterocycles. The lowest BCUT2D eigenvalue weighted by Crippen LogP contribution is -2.40. The van der Waals surface area contributed by atoms with Crippen LogP contribution < -0.4 is 0 Å². The Hall–Kier alpha value is -1.33. The molecule has 1 aliphatic carbocycles. The van der Waals surface area contributed by atoms with Gasteiger partial charge in [0.1, 0.15) is 5.76 Å². The van der Waals surface area contributed by atoms with Gasteiger partial charge in [-0.25, -0.2) is 0 Å². The monoisotopic (exact) mass is 320 g/mol. The smallest absolute Gasteiger partial charge is 0.226 e. The van der Waals surface area contributed by atoms with Gasteiger partial charge in [-0.1, -0.05) is 12.8 Å². The first-order valence-electron chi connectivity index (χ1n) is 8.94. The average molecular weight is 320 g/mol. The average Bonchev–Trinajstić information content (AvgIpc) is 3.28. The SMILES string of the molecule is O=C(C1CCCC1)N(CCCN1CCOCC1)Cc1ccco1. The highest BCUT2D eigenvalue weighted by atomic mass is 16.5. The van der Waals surface area contributed by atoms with Gasteiger partial charge in [-0.15, -0.1) is 0 Å². The van der Waals surface area contributed by atoms with Gasteiger partial charge in [-0.05, 0) is 31.4 Å². The van der Waals surface area contributed by atoms with Crippen molar-refractivity contribution in [3.05, 3.63) is 24.2 Å². The summed E-state index contributed by atoms with van der Waals surface area (Å²) in [6.45, 7) is 6.13. The molecule has 2 fully saturated rings. The van der Waals surface area contributed by atoms with E-state index < -0.39 is 0 Å². The molecule has 3 rings (SSSR count). The fourth-order valence-electron chi connectivity index (χ4n) is 3.60. The summed E-state index contributed by atoms with van der Waals surface area (Å²) >= 11 is 0. The van der Waals surface area contributed by atoms with Crippen molar-refractivity contribution < 1.29 is 13.9 Å². The highest BCUT2D eigenvalue weighted by Crippen LogP contribution is 2.27. The number of carbonyl (C=O) groups is 1. The zero-order chi connectivity index (χ0) is 15.9. The van der Waals surface area contributed by atoms with Crippen molar-refractivity contribution in [2.24, 2.45) is 5.92 Å². The Balaban J connectivity index is 1.52. The van der Waals surface area contributed by atoms with Crippen molar-refractivity contribution in [3.8, 4) is 0 Å². The maximum absolute atomic E-state index is 12.8. The second kappa shape index (κ2) is 8.50. The van der Waals surface area contributed by atoms with E-state index >= 15 is 0 Å². The fourth-order valence-corrected chi connectivity index (χ4v) is 3.60. The molecule has 5 heteroatoms. The number of amides is 1. The summed E-state index contributed by atoms with van der Waals surface area (Å²) in [4.78, 5) is 17.2. The van der Waals surface area contributed by atoms with E-state index in [-0.39, 0.29) is 5.92 Å². The molecular weight excluding hydrogens is 292 g/mol. The topological polar surface area (TPSA) is 45.9 Å². The van der Waals surface area contributed by atoms with Crippen molar-refractivity contribution in [2.75, 3.05) is 39.4 Å². The predicted octanol–water partition coefficient (Wildman–Crippen LogP) is 2.52. The predicted molar refractivity (Wildman–Crippen MR) is 88.0 cm³/mol. The fraction of sp³-hybridized carbons (Fsp3) is 0.722. The first-order valence-corrected chi connectivity index (χ1v) is 8.94. The van der Waals surface area contributed by atoms with Crippen LogP contribution in [0.2, 0.25) is 0 Å². The summed E-state index contributed by atoms with van der Waals surface area (Å²) in [5.41, 5.74) is 0. The van der Waals surface area contributed by atoms with Crippen LogP contribution in [0.3, 0.4) is 0 Å². The zero-order valence-corrected chi connectivity index (χ0v) is 13.9. The molecule has 23 heavy (non-hydrogen) atoms.